The van der Waals surface area contributed by atoms with Crippen molar-refractivity contribution in [2.75, 3.05) is 0 Å². The number of fused-ring (bicyclic) bond motifs is 11. The summed E-state index contributed by atoms with van der Waals surface area (Å²) in [6.45, 7) is 0. The first-order chi connectivity index (χ1) is 31.7. The van der Waals surface area contributed by atoms with Gasteiger partial charge in [0.25, 0.3) is 0 Å². The van der Waals surface area contributed by atoms with Crippen LogP contribution in [0.4, 0.5) is 0 Å². The van der Waals surface area contributed by atoms with Crippen molar-refractivity contribution in [3.8, 4) is 56.3 Å². The molecule has 3 heteroatoms. The van der Waals surface area contributed by atoms with Crippen molar-refractivity contribution in [1.82, 2.24) is 15.0 Å². The van der Waals surface area contributed by atoms with Crippen LogP contribution in [0.1, 0.15) is 0 Å². The fourth-order valence-corrected chi connectivity index (χ4v) is 9.99. The Morgan fingerprint density at radius 3 is 1.44 bits per heavy atom. The molecule has 0 amide bonds. The van der Waals surface area contributed by atoms with Crippen LogP contribution in [0.2, 0.25) is 0 Å². The highest BCUT2D eigenvalue weighted by Crippen LogP contribution is 2.42. The van der Waals surface area contributed by atoms with Gasteiger partial charge in [-0.2, -0.15) is 0 Å². The SMILES string of the molecule is c1ccc(-c2ccc3nc(-c4cccc(-c5nc(-c6cc7ccccc7c7ccccc67)cc(-c6cc7ccccc7c7ccccc67)n5)c4)c4ccc5ccccc5c4c3c2)cc1. The predicted octanol–water partition coefficient (Wildman–Crippen LogP) is 16.3. The lowest BCUT2D eigenvalue weighted by Crippen LogP contribution is -1.98. The van der Waals surface area contributed by atoms with E-state index in [9.17, 15) is 0 Å². The van der Waals surface area contributed by atoms with Crippen LogP contribution in [0.3, 0.4) is 0 Å². The number of nitrogens with zero attached hydrogens (tertiary/aromatic N) is 3. The molecular formula is C61H37N3. The summed E-state index contributed by atoms with van der Waals surface area (Å²) in [5, 5.41) is 15.4. The number of rotatable bonds is 5. The smallest absolute Gasteiger partial charge is 0.160 e. The van der Waals surface area contributed by atoms with Crippen LogP contribution >= 0.6 is 0 Å². The van der Waals surface area contributed by atoms with Gasteiger partial charge < -0.3 is 0 Å². The lowest BCUT2D eigenvalue weighted by Gasteiger charge is -2.16. The van der Waals surface area contributed by atoms with Crippen LogP contribution in [0.25, 0.3) is 132 Å². The molecular weight excluding hydrogens is 775 g/mol. The Hall–Kier alpha value is -8.53. The molecule has 2 heterocycles. The van der Waals surface area contributed by atoms with Crippen LogP contribution in [-0.4, -0.2) is 15.0 Å². The quantitative estimate of drug-likeness (QED) is 0.163. The molecule has 0 spiro atoms. The maximum atomic E-state index is 5.49. The van der Waals surface area contributed by atoms with Crippen molar-refractivity contribution in [3.63, 3.8) is 0 Å². The molecule has 64 heavy (non-hydrogen) atoms. The summed E-state index contributed by atoms with van der Waals surface area (Å²) in [6, 6.07) is 80.4. The molecule has 0 bridgehead atoms. The number of aromatic nitrogens is 3. The van der Waals surface area contributed by atoms with Gasteiger partial charge in [0.1, 0.15) is 0 Å². The van der Waals surface area contributed by atoms with Crippen LogP contribution in [-0.2, 0) is 0 Å². The minimum Gasteiger partial charge on any atom is -0.247 e. The maximum Gasteiger partial charge on any atom is 0.160 e. The number of pyridine rings is 1. The molecule has 2 aromatic heterocycles. The Balaban J connectivity index is 1.06. The molecule has 0 aliphatic rings. The first kappa shape index (κ1) is 36.2. The summed E-state index contributed by atoms with van der Waals surface area (Å²) < 4.78 is 0. The average Bonchev–Trinajstić information content (AvgIpc) is 3.37. The van der Waals surface area contributed by atoms with Crippen molar-refractivity contribution in [3.05, 3.63) is 224 Å². The van der Waals surface area contributed by atoms with E-state index in [4.69, 9.17) is 15.0 Å². The zero-order chi connectivity index (χ0) is 42.1. The minimum absolute atomic E-state index is 0.659. The summed E-state index contributed by atoms with van der Waals surface area (Å²) in [5.41, 5.74) is 10.1. The zero-order valence-electron chi connectivity index (χ0n) is 34.7. The van der Waals surface area contributed by atoms with E-state index in [1.807, 2.05) is 0 Å². The second-order valence-corrected chi connectivity index (χ2v) is 16.7. The molecule has 0 aliphatic heterocycles. The van der Waals surface area contributed by atoms with E-state index in [-0.39, 0.29) is 0 Å². The molecule has 0 radical (unpaired) electrons. The third-order valence-electron chi connectivity index (χ3n) is 13.0. The molecule has 0 saturated heterocycles. The fraction of sp³-hybridized carbons (Fsp3) is 0. The third-order valence-corrected chi connectivity index (χ3v) is 13.0. The summed E-state index contributed by atoms with van der Waals surface area (Å²) in [6.07, 6.45) is 0. The molecule has 0 N–H and O–H groups in total. The van der Waals surface area contributed by atoms with Gasteiger partial charge in [0.05, 0.1) is 22.6 Å². The molecule has 13 rings (SSSR count). The second kappa shape index (κ2) is 14.5. The Bertz CT molecular complexity index is 3880. The van der Waals surface area contributed by atoms with E-state index in [0.29, 0.717) is 5.82 Å². The van der Waals surface area contributed by atoms with E-state index in [1.165, 1.54) is 59.6 Å². The molecule has 0 atom stereocenters. The van der Waals surface area contributed by atoms with Gasteiger partial charge in [-0.25, -0.2) is 15.0 Å². The molecule has 296 valence electrons. The highest BCUT2D eigenvalue weighted by Gasteiger charge is 2.19. The lowest BCUT2D eigenvalue weighted by atomic mass is 9.92. The summed E-state index contributed by atoms with van der Waals surface area (Å²) in [7, 11) is 0. The van der Waals surface area contributed by atoms with Gasteiger partial charge in [0.2, 0.25) is 0 Å². The van der Waals surface area contributed by atoms with Gasteiger partial charge in [-0.1, -0.05) is 188 Å². The van der Waals surface area contributed by atoms with Crippen LogP contribution in [0, 0.1) is 0 Å². The van der Waals surface area contributed by atoms with E-state index < -0.39 is 0 Å². The van der Waals surface area contributed by atoms with E-state index in [2.05, 4.69) is 224 Å². The maximum absolute atomic E-state index is 5.49. The van der Waals surface area contributed by atoms with Crippen molar-refractivity contribution in [2.24, 2.45) is 0 Å². The standard InChI is InChI=1S/C61H37N3/c1-2-15-38(16-3-1)40-30-32-56-55(34-40)59-47-24-9-4-17-39(47)29-31-52(59)60(62-56)43-20-14-21-44(33-43)61-63-57(53-35-41-18-5-7-22-45(41)48-25-10-12-27-50(48)53)37-58(64-61)54-36-42-19-6-8-23-46(42)49-26-11-13-28-51(49)54/h1-37H. The summed E-state index contributed by atoms with van der Waals surface area (Å²) in [5.74, 6) is 0.659. The summed E-state index contributed by atoms with van der Waals surface area (Å²) in [4.78, 5) is 16.5. The Kier molecular flexibility index (Phi) is 8.22. The fourth-order valence-electron chi connectivity index (χ4n) is 9.99. The van der Waals surface area contributed by atoms with E-state index in [0.717, 1.165) is 66.4 Å². The highest BCUT2D eigenvalue weighted by atomic mass is 14.9. The first-order valence-corrected chi connectivity index (χ1v) is 21.8. The Morgan fingerprint density at radius 2 is 0.781 bits per heavy atom. The summed E-state index contributed by atoms with van der Waals surface area (Å²) >= 11 is 0. The number of hydrogen-bond acceptors (Lipinski definition) is 3. The highest BCUT2D eigenvalue weighted by molar-refractivity contribution is 6.23. The third kappa shape index (κ3) is 5.86. The van der Waals surface area contributed by atoms with Crippen molar-refractivity contribution >= 4 is 75.5 Å². The van der Waals surface area contributed by atoms with Crippen molar-refractivity contribution in [2.45, 2.75) is 0 Å². The largest absolute Gasteiger partial charge is 0.247 e. The number of benzene rings is 11. The zero-order valence-corrected chi connectivity index (χ0v) is 34.7. The average molecular weight is 812 g/mol. The first-order valence-electron chi connectivity index (χ1n) is 21.8. The normalized spacial score (nSPS) is 11.8. The molecule has 3 nitrogen and oxygen atoms in total. The van der Waals surface area contributed by atoms with Gasteiger partial charge in [-0.05, 0) is 101 Å². The van der Waals surface area contributed by atoms with Crippen molar-refractivity contribution < 1.29 is 0 Å². The minimum atomic E-state index is 0.659. The number of hydrogen-bond donors (Lipinski definition) is 0. The molecule has 11 aromatic carbocycles. The monoisotopic (exact) mass is 811 g/mol. The van der Waals surface area contributed by atoms with Gasteiger partial charge >= 0.3 is 0 Å². The molecule has 0 saturated carbocycles. The molecule has 0 fully saturated rings. The van der Waals surface area contributed by atoms with E-state index >= 15 is 0 Å². The van der Waals surface area contributed by atoms with Gasteiger partial charge in [-0.3, -0.25) is 0 Å². The predicted molar refractivity (Wildman–Crippen MR) is 270 cm³/mol. The molecule has 13 aromatic rings. The van der Waals surface area contributed by atoms with Gasteiger partial charge in [-0.15, -0.1) is 0 Å². The molecule has 0 unspecified atom stereocenters. The van der Waals surface area contributed by atoms with E-state index in [1.54, 1.807) is 0 Å². The van der Waals surface area contributed by atoms with Crippen LogP contribution < -0.4 is 0 Å². The van der Waals surface area contributed by atoms with Crippen LogP contribution in [0.15, 0.2) is 224 Å². The van der Waals surface area contributed by atoms with Gasteiger partial charge in [0, 0.05) is 38.4 Å². The lowest BCUT2D eigenvalue weighted by molar-refractivity contribution is 1.19. The van der Waals surface area contributed by atoms with Gasteiger partial charge in [0.15, 0.2) is 5.82 Å². The Labute approximate surface area is 369 Å². The molecule has 0 aliphatic carbocycles. The van der Waals surface area contributed by atoms with Crippen LogP contribution in [0.5, 0.6) is 0 Å². The van der Waals surface area contributed by atoms with Crippen molar-refractivity contribution in [1.29, 1.82) is 0 Å². The topological polar surface area (TPSA) is 38.7 Å². The second-order valence-electron chi connectivity index (χ2n) is 16.7. The Morgan fingerprint density at radius 1 is 0.250 bits per heavy atom.